The molecule has 0 aromatic heterocycles. The highest BCUT2D eigenvalue weighted by molar-refractivity contribution is 7.93. The molecule has 0 radical (unpaired) electrons. The van der Waals surface area contributed by atoms with Gasteiger partial charge in [-0.3, -0.25) is 4.79 Å². The highest BCUT2D eigenvalue weighted by Gasteiger charge is 2.53. The highest BCUT2D eigenvalue weighted by Crippen LogP contribution is 2.42. The summed E-state index contributed by atoms with van der Waals surface area (Å²) in [6.07, 6.45) is 2.11. The second-order valence-electron chi connectivity index (χ2n) is 7.39. The van der Waals surface area contributed by atoms with Crippen LogP contribution < -0.4 is 5.32 Å². The molecule has 2 aromatic rings. The molecular weight excluding hydrogens is 382 g/mol. The van der Waals surface area contributed by atoms with Crippen molar-refractivity contribution in [3.05, 3.63) is 58.1 Å². The van der Waals surface area contributed by atoms with Gasteiger partial charge in [0.1, 0.15) is 0 Å². The van der Waals surface area contributed by atoms with E-state index in [1.54, 1.807) is 37.3 Å². The zero-order valence-corrected chi connectivity index (χ0v) is 17.4. The number of halogens is 1. The van der Waals surface area contributed by atoms with Gasteiger partial charge < -0.3 is 5.32 Å². The Balaban J connectivity index is 2.05. The van der Waals surface area contributed by atoms with Gasteiger partial charge in [0.15, 0.2) is 14.6 Å². The van der Waals surface area contributed by atoms with Crippen LogP contribution in [0.5, 0.6) is 0 Å². The zero-order valence-electron chi connectivity index (χ0n) is 15.8. The Bertz CT molecular complexity index is 992. The van der Waals surface area contributed by atoms with Gasteiger partial charge in [0, 0.05) is 10.7 Å². The van der Waals surface area contributed by atoms with E-state index < -0.39 is 20.5 Å². The summed E-state index contributed by atoms with van der Waals surface area (Å²) in [7, 11) is -3.83. The summed E-state index contributed by atoms with van der Waals surface area (Å²) in [5, 5.41) is 3.43. The number of sulfone groups is 1. The summed E-state index contributed by atoms with van der Waals surface area (Å²) in [5.41, 5.74) is 2.92. The van der Waals surface area contributed by atoms with Crippen LogP contribution in [-0.2, 0) is 14.6 Å². The maximum atomic E-state index is 13.6. The molecule has 2 aromatic carbocycles. The van der Waals surface area contributed by atoms with Crippen molar-refractivity contribution in [2.24, 2.45) is 0 Å². The highest BCUT2D eigenvalue weighted by atomic mass is 35.5. The third-order valence-electron chi connectivity index (χ3n) is 5.41. The van der Waals surface area contributed by atoms with Gasteiger partial charge in [-0.1, -0.05) is 36.6 Å². The lowest BCUT2D eigenvalue weighted by Crippen LogP contribution is -2.47. The molecule has 1 saturated carbocycles. The molecule has 0 saturated heterocycles. The second kappa shape index (κ2) is 7.28. The minimum absolute atomic E-state index is 0.257. The molecule has 1 aliphatic rings. The van der Waals surface area contributed by atoms with Crippen LogP contribution in [0.4, 0.5) is 5.69 Å². The average molecular weight is 406 g/mol. The van der Waals surface area contributed by atoms with Crippen LogP contribution in [0.25, 0.3) is 0 Å². The van der Waals surface area contributed by atoms with Gasteiger partial charge in [-0.05, 0) is 74.6 Å². The third kappa shape index (κ3) is 3.50. The van der Waals surface area contributed by atoms with E-state index >= 15 is 0 Å². The summed E-state index contributed by atoms with van der Waals surface area (Å²) < 4.78 is 25.8. The molecular formula is C21H24ClNO3S. The third-order valence-corrected chi connectivity index (χ3v) is 8.29. The molecule has 27 heavy (non-hydrogen) atoms. The van der Waals surface area contributed by atoms with Gasteiger partial charge >= 0.3 is 0 Å². The normalized spacial score (nSPS) is 16.3. The van der Waals surface area contributed by atoms with E-state index in [4.69, 9.17) is 11.6 Å². The first-order valence-corrected chi connectivity index (χ1v) is 10.9. The largest absolute Gasteiger partial charge is 0.324 e. The number of rotatable bonds is 4. The maximum Gasteiger partial charge on any atom is 0.246 e. The van der Waals surface area contributed by atoms with Gasteiger partial charge in [-0.2, -0.15) is 0 Å². The lowest BCUT2D eigenvalue weighted by atomic mass is 10.1. The minimum atomic E-state index is -3.83. The summed E-state index contributed by atoms with van der Waals surface area (Å²) in [4.78, 5) is 13.5. The van der Waals surface area contributed by atoms with Crippen molar-refractivity contribution < 1.29 is 13.2 Å². The zero-order chi connectivity index (χ0) is 19.8. The van der Waals surface area contributed by atoms with E-state index in [0.29, 0.717) is 29.1 Å². The molecule has 0 heterocycles. The van der Waals surface area contributed by atoms with Crippen molar-refractivity contribution in [3.8, 4) is 0 Å². The van der Waals surface area contributed by atoms with Crippen LogP contribution in [0.15, 0.2) is 41.3 Å². The van der Waals surface area contributed by atoms with Crippen molar-refractivity contribution in [3.63, 3.8) is 0 Å². The molecule has 0 unspecified atom stereocenters. The Hall–Kier alpha value is -1.85. The number of amides is 1. The van der Waals surface area contributed by atoms with Crippen LogP contribution in [-0.4, -0.2) is 19.1 Å². The molecule has 0 atom stereocenters. The number of aryl methyl sites for hydroxylation is 3. The summed E-state index contributed by atoms with van der Waals surface area (Å²) in [6.45, 7) is 5.47. The van der Waals surface area contributed by atoms with Gasteiger partial charge in [-0.25, -0.2) is 8.42 Å². The van der Waals surface area contributed by atoms with Crippen molar-refractivity contribution in [2.75, 3.05) is 5.32 Å². The first kappa shape index (κ1) is 19.9. The maximum absolute atomic E-state index is 13.6. The Labute approximate surface area is 165 Å². The number of hydrogen-bond donors (Lipinski definition) is 1. The van der Waals surface area contributed by atoms with E-state index in [2.05, 4.69) is 5.32 Å². The van der Waals surface area contributed by atoms with Crippen LogP contribution in [0.3, 0.4) is 0 Å². The second-order valence-corrected chi connectivity index (χ2v) is 10.1. The van der Waals surface area contributed by atoms with Gasteiger partial charge in [-0.15, -0.1) is 0 Å². The van der Waals surface area contributed by atoms with Crippen molar-refractivity contribution in [1.82, 2.24) is 0 Å². The molecule has 1 N–H and O–H groups in total. The van der Waals surface area contributed by atoms with Crippen LogP contribution in [0.2, 0.25) is 5.02 Å². The number of anilines is 1. The van der Waals surface area contributed by atoms with Crippen molar-refractivity contribution in [2.45, 2.75) is 56.1 Å². The van der Waals surface area contributed by atoms with E-state index in [-0.39, 0.29) is 4.90 Å². The minimum Gasteiger partial charge on any atom is -0.324 e. The average Bonchev–Trinajstić information content (AvgIpc) is 3.11. The fourth-order valence-corrected chi connectivity index (χ4v) is 6.38. The quantitative estimate of drug-likeness (QED) is 0.779. The Kier molecular flexibility index (Phi) is 5.37. The molecule has 0 aliphatic heterocycles. The van der Waals surface area contributed by atoms with Crippen molar-refractivity contribution >= 4 is 33.0 Å². The number of benzene rings is 2. The molecule has 0 bridgehead atoms. The van der Waals surface area contributed by atoms with Crippen LogP contribution in [0, 0.1) is 20.8 Å². The Morgan fingerprint density at radius 1 is 1.00 bits per heavy atom. The number of nitrogens with one attached hydrogen (secondary N) is 1. The van der Waals surface area contributed by atoms with Crippen molar-refractivity contribution in [1.29, 1.82) is 0 Å². The Morgan fingerprint density at radius 3 is 2.30 bits per heavy atom. The van der Waals surface area contributed by atoms with E-state index in [1.165, 1.54) is 0 Å². The van der Waals surface area contributed by atoms with E-state index in [0.717, 1.165) is 24.0 Å². The molecule has 6 heteroatoms. The summed E-state index contributed by atoms with van der Waals surface area (Å²) >= 11 is 5.98. The molecule has 1 amide bonds. The smallest absolute Gasteiger partial charge is 0.246 e. The predicted molar refractivity (Wildman–Crippen MR) is 109 cm³/mol. The standard InChI is InChI=1S/C21H24ClNO3S/c1-14-6-7-15(2)19(12-14)27(25,26)21(10-4-5-11-21)20(24)23-18-9-8-17(22)13-16(18)3/h6-9,12-13H,4-5,10-11H2,1-3H3,(H,23,24). The predicted octanol–water partition coefficient (Wildman–Crippen LogP) is 4.99. The van der Waals surface area contributed by atoms with Gasteiger partial charge in [0.25, 0.3) is 0 Å². The molecule has 1 aliphatic carbocycles. The topological polar surface area (TPSA) is 63.2 Å². The first-order valence-electron chi connectivity index (χ1n) is 9.07. The fraction of sp³-hybridized carbons (Fsp3) is 0.381. The summed E-state index contributed by atoms with van der Waals surface area (Å²) in [6, 6.07) is 10.5. The Morgan fingerprint density at radius 2 is 1.67 bits per heavy atom. The SMILES string of the molecule is Cc1ccc(C)c(S(=O)(=O)C2(C(=O)Nc3ccc(Cl)cc3C)CCCC2)c1. The first-order chi connectivity index (χ1) is 12.7. The van der Waals surface area contributed by atoms with Crippen LogP contribution >= 0.6 is 11.6 Å². The molecule has 4 nitrogen and oxygen atoms in total. The number of carbonyl (C=O) groups is 1. The van der Waals surface area contributed by atoms with Crippen LogP contribution in [0.1, 0.15) is 42.4 Å². The number of hydrogen-bond acceptors (Lipinski definition) is 3. The molecule has 0 spiro atoms. The number of carbonyl (C=O) groups excluding carboxylic acids is 1. The monoisotopic (exact) mass is 405 g/mol. The molecule has 1 fully saturated rings. The van der Waals surface area contributed by atoms with Gasteiger partial charge in [0.2, 0.25) is 5.91 Å². The van der Waals surface area contributed by atoms with E-state index in [1.807, 2.05) is 19.9 Å². The molecule has 3 rings (SSSR count). The fourth-order valence-electron chi connectivity index (χ4n) is 3.77. The van der Waals surface area contributed by atoms with Gasteiger partial charge in [0.05, 0.1) is 4.90 Å². The lowest BCUT2D eigenvalue weighted by Gasteiger charge is -2.29. The lowest BCUT2D eigenvalue weighted by molar-refractivity contribution is -0.118. The summed E-state index contributed by atoms with van der Waals surface area (Å²) in [5.74, 6) is -0.452. The molecule has 144 valence electrons. The van der Waals surface area contributed by atoms with E-state index in [9.17, 15) is 13.2 Å².